The maximum absolute atomic E-state index is 12.5. The molecule has 28 heavy (non-hydrogen) atoms. The lowest BCUT2D eigenvalue weighted by Gasteiger charge is -2.35. The average molecular weight is 374 g/mol. The average Bonchev–Trinajstić information content (AvgIpc) is 2.77. The topological polar surface area (TPSA) is 58.6 Å². The fraction of sp³-hybridized carbons (Fsp3) is 0.227. The van der Waals surface area contributed by atoms with Gasteiger partial charge in [-0.1, -0.05) is 18.2 Å². The molecule has 142 valence electrons. The number of rotatable bonds is 4. The maximum Gasteiger partial charge on any atom is 0.246 e. The minimum Gasteiger partial charge on any atom is -0.497 e. The van der Waals surface area contributed by atoms with Crippen LogP contribution < -0.4 is 9.64 Å². The van der Waals surface area contributed by atoms with Crippen LogP contribution in [0.15, 0.2) is 60.8 Å². The summed E-state index contributed by atoms with van der Waals surface area (Å²) in [6, 6.07) is 15.7. The highest BCUT2D eigenvalue weighted by molar-refractivity contribution is 5.92. The number of nitrogens with zero attached hydrogens (tertiary/aromatic N) is 4. The van der Waals surface area contributed by atoms with Crippen molar-refractivity contribution < 1.29 is 9.53 Å². The molecule has 0 radical (unpaired) electrons. The van der Waals surface area contributed by atoms with Crippen molar-refractivity contribution in [1.29, 1.82) is 0 Å². The molecule has 1 saturated heterocycles. The number of piperazine rings is 1. The van der Waals surface area contributed by atoms with Crippen molar-refractivity contribution >= 4 is 28.7 Å². The number of carbonyl (C=O) groups excluding carboxylic acids is 1. The first-order chi connectivity index (χ1) is 13.7. The molecule has 6 heteroatoms. The van der Waals surface area contributed by atoms with E-state index in [-0.39, 0.29) is 5.91 Å². The summed E-state index contributed by atoms with van der Waals surface area (Å²) in [5, 5.41) is 0. The fourth-order valence-corrected chi connectivity index (χ4v) is 3.31. The van der Waals surface area contributed by atoms with E-state index >= 15 is 0 Å². The van der Waals surface area contributed by atoms with Gasteiger partial charge >= 0.3 is 0 Å². The van der Waals surface area contributed by atoms with Crippen LogP contribution in [0.5, 0.6) is 5.75 Å². The molecule has 6 nitrogen and oxygen atoms in total. The maximum atomic E-state index is 12.5. The molecule has 0 N–H and O–H groups in total. The largest absolute Gasteiger partial charge is 0.497 e. The van der Waals surface area contributed by atoms with Gasteiger partial charge in [-0.3, -0.25) is 9.78 Å². The highest BCUT2D eigenvalue weighted by atomic mass is 16.5. The summed E-state index contributed by atoms with van der Waals surface area (Å²) in [5.74, 6) is 0.843. The van der Waals surface area contributed by atoms with Crippen molar-refractivity contribution in [1.82, 2.24) is 14.9 Å². The van der Waals surface area contributed by atoms with Gasteiger partial charge in [-0.15, -0.1) is 0 Å². The Bertz CT molecular complexity index is 1010. The van der Waals surface area contributed by atoms with Crippen LogP contribution in [0.4, 0.5) is 5.69 Å². The molecular weight excluding hydrogens is 352 g/mol. The normalized spacial score (nSPS) is 14.6. The second-order valence-corrected chi connectivity index (χ2v) is 6.63. The van der Waals surface area contributed by atoms with Crippen LogP contribution in [0.1, 0.15) is 5.69 Å². The Hall–Kier alpha value is -3.41. The van der Waals surface area contributed by atoms with E-state index in [0.29, 0.717) is 18.8 Å². The summed E-state index contributed by atoms with van der Waals surface area (Å²) >= 11 is 0. The molecular formula is C22H22N4O2. The van der Waals surface area contributed by atoms with Crippen molar-refractivity contribution in [3.8, 4) is 5.75 Å². The predicted molar refractivity (Wildman–Crippen MR) is 110 cm³/mol. The number of ether oxygens (including phenoxy) is 1. The van der Waals surface area contributed by atoms with E-state index in [0.717, 1.165) is 35.6 Å². The van der Waals surface area contributed by atoms with Crippen LogP contribution in [0, 0.1) is 0 Å². The lowest BCUT2D eigenvalue weighted by atomic mass is 10.2. The first kappa shape index (κ1) is 18.0. The number of aromatic nitrogens is 2. The van der Waals surface area contributed by atoms with Crippen LogP contribution in [0.3, 0.4) is 0 Å². The first-order valence-corrected chi connectivity index (χ1v) is 9.31. The number of benzene rings is 2. The number of carbonyl (C=O) groups is 1. The minimum atomic E-state index is 0.000232. The number of methoxy groups -OCH3 is 1. The van der Waals surface area contributed by atoms with Gasteiger partial charge in [0, 0.05) is 44.0 Å². The highest BCUT2D eigenvalue weighted by Gasteiger charge is 2.20. The SMILES string of the molecule is COc1cccc(N2CCN(C(=O)C=Cc3cnc4ccccc4n3)CC2)c1. The summed E-state index contributed by atoms with van der Waals surface area (Å²) in [7, 11) is 1.67. The molecule has 0 aliphatic carbocycles. The van der Waals surface area contributed by atoms with Crippen LogP contribution >= 0.6 is 0 Å². The molecule has 1 aliphatic rings. The van der Waals surface area contributed by atoms with Gasteiger partial charge in [0.05, 0.1) is 30.0 Å². The third-order valence-electron chi connectivity index (χ3n) is 4.87. The van der Waals surface area contributed by atoms with E-state index in [1.807, 2.05) is 47.4 Å². The van der Waals surface area contributed by atoms with Crippen molar-refractivity contribution in [3.05, 3.63) is 66.5 Å². The van der Waals surface area contributed by atoms with E-state index in [9.17, 15) is 4.79 Å². The van der Waals surface area contributed by atoms with Gasteiger partial charge in [-0.2, -0.15) is 0 Å². The Morgan fingerprint density at radius 3 is 2.61 bits per heavy atom. The second kappa shape index (κ2) is 8.08. The van der Waals surface area contributed by atoms with E-state index in [4.69, 9.17) is 4.74 Å². The van der Waals surface area contributed by atoms with Crippen LogP contribution in [0.25, 0.3) is 17.1 Å². The summed E-state index contributed by atoms with van der Waals surface area (Å²) in [6.45, 7) is 2.96. The van der Waals surface area contributed by atoms with Gasteiger partial charge < -0.3 is 14.5 Å². The number of fused-ring (bicyclic) bond motifs is 1. The molecule has 0 bridgehead atoms. The zero-order valence-electron chi connectivity index (χ0n) is 15.8. The monoisotopic (exact) mass is 374 g/mol. The van der Waals surface area contributed by atoms with Crippen molar-refractivity contribution in [2.75, 3.05) is 38.2 Å². The Morgan fingerprint density at radius 2 is 1.82 bits per heavy atom. The molecule has 3 aromatic rings. The summed E-state index contributed by atoms with van der Waals surface area (Å²) in [6.07, 6.45) is 5.00. The fourth-order valence-electron chi connectivity index (χ4n) is 3.31. The van der Waals surface area contributed by atoms with E-state index < -0.39 is 0 Å². The van der Waals surface area contributed by atoms with Crippen LogP contribution in [-0.2, 0) is 4.79 Å². The summed E-state index contributed by atoms with van der Waals surface area (Å²) in [4.78, 5) is 25.6. The lowest BCUT2D eigenvalue weighted by molar-refractivity contribution is -0.126. The van der Waals surface area contributed by atoms with Crippen LogP contribution in [0.2, 0.25) is 0 Å². The van der Waals surface area contributed by atoms with Gasteiger partial charge in [0.2, 0.25) is 5.91 Å². The number of anilines is 1. The molecule has 1 fully saturated rings. The zero-order chi connectivity index (χ0) is 19.3. The second-order valence-electron chi connectivity index (χ2n) is 6.63. The molecule has 1 aromatic heterocycles. The van der Waals surface area contributed by atoms with Crippen molar-refractivity contribution in [2.24, 2.45) is 0 Å². The molecule has 0 unspecified atom stereocenters. The zero-order valence-corrected chi connectivity index (χ0v) is 15.8. The Balaban J connectivity index is 1.37. The summed E-state index contributed by atoms with van der Waals surface area (Å²) in [5.41, 5.74) is 3.47. The molecule has 2 heterocycles. The molecule has 0 spiro atoms. The smallest absolute Gasteiger partial charge is 0.246 e. The Labute approximate surface area is 164 Å². The minimum absolute atomic E-state index is 0.000232. The molecule has 1 aliphatic heterocycles. The third kappa shape index (κ3) is 3.96. The molecule has 0 saturated carbocycles. The lowest BCUT2D eigenvalue weighted by Crippen LogP contribution is -2.48. The Kier molecular flexibility index (Phi) is 5.19. The highest BCUT2D eigenvalue weighted by Crippen LogP contribution is 2.22. The molecule has 0 atom stereocenters. The van der Waals surface area contributed by atoms with Gasteiger partial charge in [0.15, 0.2) is 0 Å². The van der Waals surface area contributed by atoms with Crippen LogP contribution in [-0.4, -0.2) is 54.1 Å². The predicted octanol–water partition coefficient (Wildman–Crippen LogP) is 3.00. The molecule has 4 rings (SSSR count). The first-order valence-electron chi connectivity index (χ1n) is 9.31. The molecule has 1 amide bonds. The molecule has 2 aromatic carbocycles. The van der Waals surface area contributed by atoms with Crippen molar-refractivity contribution in [2.45, 2.75) is 0 Å². The van der Waals surface area contributed by atoms with Gasteiger partial charge in [0.25, 0.3) is 0 Å². The van der Waals surface area contributed by atoms with Gasteiger partial charge in [-0.05, 0) is 30.3 Å². The van der Waals surface area contributed by atoms with E-state index in [1.165, 1.54) is 0 Å². The third-order valence-corrected chi connectivity index (χ3v) is 4.87. The Morgan fingerprint density at radius 1 is 1.04 bits per heavy atom. The van der Waals surface area contributed by atoms with Gasteiger partial charge in [0.1, 0.15) is 5.75 Å². The number of para-hydroxylation sites is 2. The standard InChI is InChI=1S/C22H22N4O2/c1-28-19-6-4-5-18(15-19)25-11-13-26(14-12-25)22(27)10-9-17-16-23-20-7-2-3-8-21(20)24-17/h2-10,15-16H,11-14H2,1H3. The van der Waals surface area contributed by atoms with Gasteiger partial charge in [-0.25, -0.2) is 4.98 Å². The van der Waals surface area contributed by atoms with E-state index in [2.05, 4.69) is 20.9 Å². The number of hydrogen-bond donors (Lipinski definition) is 0. The van der Waals surface area contributed by atoms with E-state index in [1.54, 1.807) is 25.5 Å². The number of amides is 1. The summed E-state index contributed by atoms with van der Waals surface area (Å²) < 4.78 is 5.29. The quantitative estimate of drug-likeness (QED) is 0.657. The number of hydrogen-bond acceptors (Lipinski definition) is 5. The van der Waals surface area contributed by atoms with Crippen molar-refractivity contribution in [3.63, 3.8) is 0 Å².